The number of guanidine groups is 1. The van der Waals surface area contributed by atoms with Gasteiger partial charge < -0.3 is 15.4 Å². The first-order valence-electron chi connectivity index (χ1n) is 7.03. The number of hydrogen-bond donors (Lipinski definition) is 2. The van der Waals surface area contributed by atoms with Crippen molar-refractivity contribution in [3.05, 3.63) is 50.6 Å². The first-order chi connectivity index (χ1) is 10.7. The molecule has 4 nitrogen and oxygen atoms in total. The fourth-order valence-electron chi connectivity index (χ4n) is 2.06. The van der Waals surface area contributed by atoms with Gasteiger partial charge in [-0.15, -0.1) is 35.3 Å². The minimum absolute atomic E-state index is 0. The molecule has 7 heteroatoms. The third-order valence-corrected chi connectivity index (χ3v) is 4.79. The second kappa shape index (κ2) is 10.9. The van der Waals surface area contributed by atoms with E-state index < -0.39 is 0 Å². The molecular weight excluding hydrogens is 489 g/mol. The van der Waals surface area contributed by atoms with Crippen molar-refractivity contribution in [2.75, 3.05) is 20.7 Å². The first-order valence-corrected chi connectivity index (χ1v) is 8.64. The Morgan fingerprint density at radius 2 is 2.00 bits per heavy atom. The SMILES string of the molecule is CN=C(NCCc1ccccc1OC)NCc1ccc(Br)s1.I. The number of thiophene rings is 1. The van der Waals surface area contributed by atoms with E-state index >= 15 is 0 Å². The van der Waals surface area contributed by atoms with E-state index in [2.05, 4.69) is 49.8 Å². The third kappa shape index (κ3) is 6.68. The first kappa shape index (κ1) is 20.2. The van der Waals surface area contributed by atoms with Crippen LogP contribution in [-0.4, -0.2) is 26.7 Å². The molecule has 0 unspecified atom stereocenters. The van der Waals surface area contributed by atoms with Crippen molar-refractivity contribution in [3.63, 3.8) is 0 Å². The Labute approximate surface area is 166 Å². The molecule has 0 fully saturated rings. The summed E-state index contributed by atoms with van der Waals surface area (Å²) < 4.78 is 6.50. The summed E-state index contributed by atoms with van der Waals surface area (Å²) in [5.41, 5.74) is 1.19. The highest BCUT2D eigenvalue weighted by Gasteiger charge is 2.03. The molecule has 1 aromatic heterocycles. The van der Waals surface area contributed by atoms with Gasteiger partial charge in [0, 0.05) is 18.5 Å². The van der Waals surface area contributed by atoms with Crippen LogP contribution in [0.4, 0.5) is 0 Å². The molecule has 2 N–H and O–H groups in total. The molecule has 0 aliphatic heterocycles. The van der Waals surface area contributed by atoms with Crippen molar-refractivity contribution in [3.8, 4) is 5.75 Å². The summed E-state index contributed by atoms with van der Waals surface area (Å²) in [6.45, 7) is 1.57. The van der Waals surface area contributed by atoms with Gasteiger partial charge in [-0.2, -0.15) is 0 Å². The number of rotatable bonds is 6. The molecule has 126 valence electrons. The van der Waals surface area contributed by atoms with E-state index in [1.807, 2.05) is 18.2 Å². The van der Waals surface area contributed by atoms with E-state index in [9.17, 15) is 0 Å². The topological polar surface area (TPSA) is 45.7 Å². The third-order valence-electron chi connectivity index (χ3n) is 3.16. The zero-order chi connectivity index (χ0) is 15.8. The molecule has 0 amide bonds. The van der Waals surface area contributed by atoms with Crippen molar-refractivity contribution in [1.82, 2.24) is 10.6 Å². The lowest BCUT2D eigenvalue weighted by Gasteiger charge is -2.12. The van der Waals surface area contributed by atoms with Crippen LogP contribution in [0.1, 0.15) is 10.4 Å². The van der Waals surface area contributed by atoms with Gasteiger partial charge in [0.1, 0.15) is 5.75 Å². The van der Waals surface area contributed by atoms with Gasteiger partial charge in [-0.1, -0.05) is 18.2 Å². The van der Waals surface area contributed by atoms with E-state index in [-0.39, 0.29) is 24.0 Å². The minimum Gasteiger partial charge on any atom is -0.496 e. The number of benzene rings is 1. The molecule has 23 heavy (non-hydrogen) atoms. The van der Waals surface area contributed by atoms with E-state index in [0.29, 0.717) is 0 Å². The number of aliphatic imine (C=N–C) groups is 1. The zero-order valence-electron chi connectivity index (χ0n) is 13.1. The summed E-state index contributed by atoms with van der Waals surface area (Å²) in [5, 5.41) is 6.63. The molecule has 2 aromatic rings. The Kier molecular flexibility index (Phi) is 9.57. The lowest BCUT2D eigenvalue weighted by atomic mass is 10.1. The largest absolute Gasteiger partial charge is 0.496 e. The van der Waals surface area contributed by atoms with Crippen molar-refractivity contribution < 1.29 is 4.74 Å². The molecule has 0 saturated heterocycles. The molecule has 1 heterocycles. The predicted molar refractivity (Wildman–Crippen MR) is 112 cm³/mol. The number of para-hydroxylation sites is 1. The predicted octanol–water partition coefficient (Wildman–Crippen LogP) is 4.04. The second-order valence-corrected chi connectivity index (χ2v) is 7.17. The Hall–Kier alpha value is -0.800. The number of methoxy groups -OCH3 is 1. The summed E-state index contributed by atoms with van der Waals surface area (Å²) in [6, 6.07) is 12.2. The van der Waals surface area contributed by atoms with Crippen LogP contribution in [0, 0.1) is 0 Å². The maximum absolute atomic E-state index is 5.36. The van der Waals surface area contributed by atoms with Crippen LogP contribution in [0.15, 0.2) is 45.2 Å². The van der Waals surface area contributed by atoms with Crippen LogP contribution in [0.3, 0.4) is 0 Å². The number of ether oxygens (including phenoxy) is 1. The molecule has 0 aliphatic rings. The summed E-state index contributed by atoms with van der Waals surface area (Å²) in [7, 11) is 3.48. The fourth-order valence-corrected chi connectivity index (χ4v) is 3.49. The number of nitrogens with one attached hydrogen (secondary N) is 2. The van der Waals surface area contributed by atoms with Gasteiger partial charge in [0.05, 0.1) is 17.4 Å². The average Bonchev–Trinajstić information content (AvgIpc) is 2.96. The fraction of sp³-hybridized carbons (Fsp3) is 0.312. The lowest BCUT2D eigenvalue weighted by Crippen LogP contribution is -2.37. The Morgan fingerprint density at radius 3 is 2.65 bits per heavy atom. The van der Waals surface area contributed by atoms with Gasteiger partial charge in [0.2, 0.25) is 0 Å². The van der Waals surface area contributed by atoms with E-state index in [4.69, 9.17) is 4.74 Å². The van der Waals surface area contributed by atoms with Crippen molar-refractivity contribution in [2.24, 2.45) is 4.99 Å². The van der Waals surface area contributed by atoms with Gasteiger partial charge in [-0.05, 0) is 46.1 Å². The quantitative estimate of drug-likeness (QED) is 0.351. The Morgan fingerprint density at radius 1 is 1.22 bits per heavy atom. The summed E-state index contributed by atoms with van der Waals surface area (Å²) in [4.78, 5) is 5.50. The van der Waals surface area contributed by atoms with Gasteiger partial charge in [-0.25, -0.2) is 0 Å². The highest BCUT2D eigenvalue weighted by atomic mass is 127. The maximum atomic E-state index is 5.36. The molecule has 0 spiro atoms. The smallest absolute Gasteiger partial charge is 0.191 e. The molecule has 0 radical (unpaired) electrons. The van der Waals surface area contributed by atoms with Crippen LogP contribution >= 0.6 is 51.2 Å². The monoisotopic (exact) mass is 509 g/mol. The normalized spacial score (nSPS) is 10.8. The number of hydrogen-bond acceptors (Lipinski definition) is 3. The number of halogens is 2. The van der Waals surface area contributed by atoms with Crippen LogP contribution in [0.5, 0.6) is 5.75 Å². The van der Waals surface area contributed by atoms with Gasteiger partial charge >= 0.3 is 0 Å². The number of nitrogens with zero attached hydrogens (tertiary/aromatic N) is 1. The average molecular weight is 510 g/mol. The molecule has 0 aliphatic carbocycles. The molecular formula is C16H21BrIN3OS. The molecule has 0 saturated carbocycles. The minimum atomic E-state index is 0. The van der Waals surface area contributed by atoms with Crippen molar-refractivity contribution >= 4 is 57.2 Å². The standard InChI is InChI=1S/C16H20BrN3OS.HI/c1-18-16(20-11-13-7-8-15(17)22-13)19-10-9-12-5-3-4-6-14(12)21-2;/h3-8H,9-11H2,1-2H3,(H2,18,19,20);1H. The van der Waals surface area contributed by atoms with E-state index in [1.54, 1.807) is 25.5 Å². The molecule has 0 bridgehead atoms. The maximum Gasteiger partial charge on any atom is 0.191 e. The Balaban J connectivity index is 0.00000264. The summed E-state index contributed by atoms with van der Waals surface area (Å²) in [6.07, 6.45) is 0.884. The van der Waals surface area contributed by atoms with Gasteiger partial charge in [0.25, 0.3) is 0 Å². The van der Waals surface area contributed by atoms with Crippen LogP contribution in [0.2, 0.25) is 0 Å². The summed E-state index contributed by atoms with van der Waals surface area (Å²) in [5.74, 6) is 1.73. The van der Waals surface area contributed by atoms with Gasteiger partial charge in [0.15, 0.2) is 5.96 Å². The molecule has 0 atom stereocenters. The van der Waals surface area contributed by atoms with E-state index in [0.717, 1.165) is 35.0 Å². The summed E-state index contributed by atoms with van der Waals surface area (Å²) >= 11 is 5.19. The van der Waals surface area contributed by atoms with Crippen LogP contribution in [-0.2, 0) is 13.0 Å². The molecule has 2 rings (SSSR count). The van der Waals surface area contributed by atoms with Crippen molar-refractivity contribution in [1.29, 1.82) is 0 Å². The lowest BCUT2D eigenvalue weighted by molar-refractivity contribution is 0.409. The highest BCUT2D eigenvalue weighted by Crippen LogP contribution is 2.21. The van der Waals surface area contributed by atoms with E-state index in [1.165, 1.54) is 10.4 Å². The van der Waals surface area contributed by atoms with Crippen LogP contribution < -0.4 is 15.4 Å². The van der Waals surface area contributed by atoms with Crippen molar-refractivity contribution in [2.45, 2.75) is 13.0 Å². The second-order valence-electron chi connectivity index (χ2n) is 4.62. The van der Waals surface area contributed by atoms with Gasteiger partial charge in [-0.3, -0.25) is 4.99 Å². The highest BCUT2D eigenvalue weighted by molar-refractivity contribution is 14.0. The Bertz CT molecular complexity index is 633. The van der Waals surface area contributed by atoms with Crippen LogP contribution in [0.25, 0.3) is 0 Å². The zero-order valence-corrected chi connectivity index (χ0v) is 17.9. The molecule has 1 aromatic carbocycles.